The second-order valence-electron chi connectivity index (χ2n) is 12.4. The van der Waals surface area contributed by atoms with E-state index >= 15 is 0 Å². The Morgan fingerprint density at radius 2 is 1.70 bits per heavy atom. The predicted molar refractivity (Wildman–Crippen MR) is 125 cm³/mol. The Bertz CT molecular complexity index is 707. The quantitative estimate of drug-likeness (QED) is 0.514. The highest BCUT2D eigenvalue weighted by atomic mass is 16.3. The van der Waals surface area contributed by atoms with Gasteiger partial charge in [0, 0.05) is 11.8 Å². The first-order chi connectivity index (χ1) is 14.0. The molecular weight excluding hydrogens is 368 g/mol. The first-order valence-corrected chi connectivity index (χ1v) is 12.8. The van der Waals surface area contributed by atoms with Crippen LogP contribution in [0, 0.1) is 46.3 Å². The molecule has 0 amide bonds. The zero-order valence-corrected chi connectivity index (χ0v) is 20.3. The van der Waals surface area contributed by atoms with E-state index in [1.54, 1.807) is 5.57 Å². The van der Waals surface area contributed by atoms with Gasteiger partial charge in [0.2, 0.25) is 0 Å². The summed E-state index contributed by atoms with van der Waals surface area (Å²) in [7, 11) is 0. The number of hydrogen-bond acceptors (Lipinski definition) is 2. The molecule has 0 bridgehead atoms. The van der Waals surface area contributed by atoms with E-state index in [2.05, 4.69) is 59.8 Å². The fourth-order valence-corrected chi connectivity index (χ4v) is 8.10. The van der Waals surface area contributed by atoms with E-state index in [1.807, 2.05) is 0 Å². The van der Waals surface area contributed by atoms with Crippen LogP contribution >= 0.6 is 0 Å². The topological polar surface area (TPSA) is 40.5 Å². The van der Waals surface area contributed by atoms with Gasteiger partial charge in [0.15, 0.2) is 0 Å². The summed E-state index contributed by atoms with van der Waals surface area (Å²) in [6, 6.07) is 0. The van der Waals surface area contributed by atoms with E-state index in [0.29, 0.717) is 41.4 Å². The molecule has 3 saturated carbocycles. The first kappa shape index (κ1) is 22.6. The second kappa shape index (κ2) is 7.77. The third-order valence-corrected chi connectivity index (χ3v) is 10.7. The van der Waals surface area contributed by atoms with Crippen molar-refractivity contribution >= 4 is 0 Å². The smallest absolute Gasteiger partial charge is 0.0765 e. The van der Waals surface area contributed by atoms with Gasteiger partial charge in [-0.05, 0) is 85.9 Å². The SMILES string of the molecule is CC(C)[C@@H](C)/C=C/[C@@H](C)[C@@H]1CC[C@@H]2C3=CC[C@]4(O)C[C@H](O)CC[C@@]4(C)[C@H]3CC[C@@]21C. The molecule has 0 spiro atoms. The van der Waals surface area contributed by atoms with Crippen LogP contribution in [0.2, 0.25) is 0 Å². The monoisotopic (exact) mass is 414 g/mol. The van der Waals surface area contributed by atoms with Gasteiger partial charge in [0.05, 0.1) is 11.7 Å². The Hall–Kier alpha value is -0.600. The summed E-state index contributed by atoms with van der Waals surface area (Å²) >= 11 is 0. The fraction of sp³-hybridized carbons (Fsp3) is 0.857. The van der Waals surface area contributed by atoms with Gasteiger partial charge in [-0.3, -0.25) is 0 Å². The first-order valence-electron chi connectivity index (χ1n) is 12.8. The molecule has 4 rings (SSSR count). The van der Waals surface area contributed by atoms with Gasteiger partial charge in [0.25, 0.3) is 0 Å². The molecule has 0 aromatic rings. The van der Waals surface area contributed by atoms with Crippen LogP contribution in [0.4, 0.5) is 0 Å². The van der Waals surface area contributed by atoms with Gasteiger partial charge in [-0.2, -0.15) is 0 Å². The molecule has 4 aliphatic rings. The molecule has 0 saturated heterocycles. The molecule has 0 heterocycles. The number of aliphatic hydroxyl groups is 2. The number of aliphatic hydroxyl groups excluding tert-OH is 1. The van der Waals surface area contributed by atoms with E-state index in [1.165, 1.54) is 25.7 Å². The van der Waals surface area contributed by atoms with Crippen LogP contribution in [0.1, 0.15) is 92.9 Å². The number of rotatable bonds is 4. The van der Waals surface area contributed by atoms with E-state index in [0.717, 1.165) is 25.2 Å². The molecule has 9 atom stereocenters. The summed E-state index contributed by atoms with van der Waals surface area (Å²) in [4.78, 5) is 0. The highest BCUT2D eigenvalue weighted by Gasteiger charge is 2.62. The van der Waals surface area contributed by atoms with E-state index < -0.39 is 5.60 Å². The largest absolute Gasteiger partial charge is 0.393 e. The average Bonchev–Trinajstić information content (AvgIpc) is 3.04. The summed E-state index contributed by atoms with van der Waals surface area (Å²) in [5.74, 6) is 3.95. The highest BCUT2D eigenvalue weighted by molar-refractivity contribution is 5.30. The molecule has 4 aliphatic carbocycles. The third-order valence-electron chi connectivity index (χ3n) is 10.7. The molecule has 0 aromatic heterocycles. The molecule has 0 radical (unpaired) electrons. The molecule has 2 N–H and O–H groups in total. The standard InChI is InChI=1S/C28H46O2/c1-18(2)19(3)7-8-20(4)23-9-10-24-22-12-16-28(30)17-21(29)11-15-27(28,6)25(22)13-14-26(23,24)5/h7-8,12,18-21,23-25,29-30H,9-11,13-17H2,1-6H3/b8-7+/t19-,20+,21+,23-,24+,25-,26+,27-,28-/m0/s1. The Morgan fingerprint density at radius 1 is 0.967 bits per heavy atom. The second-order valence-corrected chi connectivity index (χ2v) is 12.4. The maximum Gasteiger partial charge on any atom is 0.0765 e. The fourth-order valence-electron chi connectivity index (χ4n) is 8.10. The number of fused-ring (bicyclic) bond motifs is 5. The summed E-state index contributed by atoms with van der Waals surface area (Å²) in [6.45, 7) is 14.3. The van der Waals surface area contributed by atoms with Crippen molar-refractivity contribution in [1.29, 1.82) is 0 Å². The zero-order chi connectivity index (χ0) is 21.9. The van der Waals surface area contributed by atoms with Crippen LogP contribution in [-0.4, -0.2) is 21.9 Å². The highest BCUT2D eigenvalue weighted by Crippen LogP contribution is 2.67. The summed E-state index contributed by atoms with van der Waals surface area (Å²) in [5, 5.41) is 21.8. The molecule has 0 aromatic carbocycles. The minimum atomic E-state index is -0.715. The molecule has 0 aliphatic heterocycles. The van der Waals surface area contributed by atoms with Crippen LogP contribution < -0.4 is 0 Å². The lowest BCUT2D eigenvalue weighted by Gasteiger charge is -2.61. The lowest BCUT2D eigenvalue weighted by Crippen LogP contribution is -2.59. The van der Waals surface area contributed by atoms with Crippen LogP contribution in [0.3, 0.4) is 0 Å². The van der Waals surface area contributed by atoms with Crippen molar-refractivity contribution in [1.82, 2.24) is 0 Å². The maximum absolute atomic E-state index is 11.6. The van der Waals surface area contributed by atoms with Crippen molar-refractivity contribution in [3.8, 4) is 0 Å². The molecule has 2 nitrogen and oxygen atoms in total. The van der Waals surface area contributed by atoms with Gasteiger partial charge in [-0.25, -0.2) is 0 Å². The molecule has 3 fully saturated rings. The molecule has 170 valence electrons. The van der Waals surface area contributed by atoms with Crippen LogP contribution in [-0.2, 0) is 0 Å². The van der Waals surface area contributed by atoms with E-state index in [4.69, 9.17) is 0 Å². The molecule has 0 unspecified atom stereocenters. The van der Waals surface area contributed by atoms with Crippen LogP contribution in [0.5, 0.6) is 0 Å². The molecular formula is C28H46O2. The summed E-state index contributed by atoms with van der Waals surface area (Å²) in [6.07, 6.45) is 15.4. The van der Waals surface area contributed by atoms with Crippen LogP contribution in [0.25, 0.3) is 0 Å². The lowest BCUT2D eigenvalue weighted by atomic mass is 9.46. The van der Waals surface area contributed by atoms with Crippen molar-refractivity contribution in [2.45, 2.75) is 105 Å². The van der Waals surface area contributed by atoms with Gasteiger partial charge in [-0.15, -0.1) is 0 Å². The molecule has 30 heavy (non-hydrogen) atoms. The van der Waals surface area contributed by atoms with E-state index in [9.17, 15) is 10.2 Å². The Morgan fingerprint density at radius 3 is 2.40 bits per heavy atom. The summed E-state index contributed by atoms with van der Waals surface area (Å²) in [5.41, 5.74) is 1.30. The lowest BCUT2D eigenvalue weighted by molar-refractivity contribution is -0.168. The summed E-state index contributed by atoms with van der Waals surface area (Å²) < 4.78 is 0. The Labute approximate surface area is 185 Å². The van der Waals surface area contributed by atoms with Gasteiger partial charge >= 0.3 is 0 Å². The number of hydrogen-bond donors (Lipinski definition) is 2. The Balaban J connectivity index is 1.57. The van der Waals surface area contributed by atoms with Crippen LogP contribution in [0.15, 0.2) is 23.8 Å². The van der Waals surface area contributed by atoms with Crippen molar-refractivity contribution in [2.24, 2.45) is 46.3 Å². The minimum absolute atomic E-state index is 0.0616. The maximum atomic E-state index is 11.6. The van der Waals surface area contributed by atoms with Gasteiger partial charge in [0.1, 0.15) is 0 Å². The van der Waals surface area contributed by atoms with Crippen molar-refractivity contribution in [3.05, 3.63) is 23.8 Å². The van der Waals surface area contributed by atoms with Crippen molar-refractivity contribution in [2.75, 3.05) is 0 Å². The van der Waals surface area contributed by atoms with Crippen molar-refractivity contribution in [3.63, 3.8) is 0 Å². The molecule has 2 heteroatoms. The van der Waals surface area contributed by atoms with Crippen molar-refractivity contribution < 1.29 is 10.2 Å². The third kappa shape index (κ3) is 3.36. The van der Waals surface area contributed by atoms with E-state index in [-0.39, 0.29) is 11.5 Å². The number of allylic oxidation sites excluding steroid dienone is 3. The normalized spacial score (nSPS) is 48.1. The van der Waals surface area contributed by atoms with Gasteiger partial charge in [-0.1, -0.05) is 65.3 Å². The van der Waals surface area contributed by atoms with Gasteiger partial charge < -0.3 is 10.2 Å². The minimum Gasteiger partial charge on any atom is -0.393 e. The Kier molecular flexibility index (Phi) is 5.85. The predicted octanol–water partition coefficient (Wildman–Crippen LogP) is 6.53. The zero-order valence-electron chi connectivity index (χ0n) is 20.3. The average molecular weight is 415 g/mol.